The molecule has 0 amide bonds. The lowest BCUT2D eigenvalue weighted by Crippen LogP contribution is -2.46. The third-order valence-electron chi connectivity index (χ3n) is 3.53. The van der Waals surface area contributed by atoms with Crippen LogP contribution in [0.3, 0.4) is 0 Å². The molecular formula is C14H17FO4. The van der Waals surface area contributed by atoms with Crippen molar-refractivity contribution < 1.29 is 23.4 Å². The van der Waals surface area contributed by atoms with Crippen molar-refractivity contribution in [1.82, 2.24) is 0 Å². The lowest BCUT2D eigenvalue weighted by atomic mass is 9.85. The second-order valence-corrected chi connectivity index (χ2v) is 4.46. The molecule has 2 rings (SSSR count). The highest BCUT2D eigenvalue weighted by Gasteiger charge is 2.41. The van der Waals surface area contributed by atoms with E-state index in [1.807, 2.05) is 0 Å². The number of benzene rings is 1. The van der Waals surface area contributed by atoms with Crippen molar-refractivity contribution in [3.05, 3.63) is 29.6 Å². The third-order valence-corrected chi connectivity index (χ3v) is 3.53. The summed E-state index contributed by atoms with van der Waals surface area (Å²) in [4.78, 5) is 12.6. The monoisotopic (exact) mass is 268 g/mol. The van der Waals surface area contributed by atoms with Crippen LogP contribution in [0.4, 0.5) is 4.39 Å². The first-order valence-electron chi connectivity index (χ1n) is 6.15. The molecule has 0 aromatic heterocycles. The van der Waals surface area contributed by atoms with Crippen molar-refractivity contribution in [2.45, 2.75) is 18.4 Å². The molecule has 0 spiro atoms. The van der Waals surface area contributed by atoms with Crippen molar-refractivity contribution in [2.75, 3.05) is 27.4 Å². The van der Waals surface area contributed by atoms with E-state index < -0.39 is 11.4 Å². The Balaban J connectivity index is 2.37. The van der Waals surface area contributed by atoms with E-state index in [2.05, 4.69) is 0 Å². The number of halogens is 1. The zero-order chi connectivity index (χ0) is 13.9. The molecule has 19 heavy (non-hydrogen) atoms. The Morgan fingerprint density at radius 3 is 2.58 bits per heavy atom. The fraction of sp³-hybridized carbons (Fsp3) is 0.500. The normalized spacial score (nSPS) is 18.1. The minimum atomic E-state index is -0.995. The average Bonchev–Trinajstić information content (AvgIpc) is 2.47. The standard InChI is InChI=1S/C14H17FO4/c1-17-11-5-3-4-10(12(11)15)13(16)14(18-2)6-8-19-9-7-14/h3-5H,6-9H2,1-2H3. The minimum absolute atomic E-state index is 0.00287. The maximum Gasteiger partial charge on any atom is 0.197 e. The van der Waals surface area contributed by atoms with Gasteiger partial charge in [-0.1, -0.05) is 6.07 Å². The van der Waals surface area contributed by atoms with Gasteiger partial charge in [-0.3, -0.25) is 4.79 Å². The average molecular weight is 268 g/mol. The van der Waals surface area contributed by atoms with Gasteiger partial charge in [-0.15, -0.1) is 0 Å². The molecule has 1 aromatic carbocycles. The van der Waals surface area contributed by atoms with Gasteiger partial charge in [-0.05, 0) is 12.1 Å². The Morgan fingerprint density at radius 2 is 2.00 bits per heavy atom. The summed E-state index contributed by atoms with van der Waals surface area (Å²) in [5.41, 5.74) is -0.992. The zero-order valence-electron chi connectivity index (χ0n) is 11.1. The summed E-state index contributed by atoms with van der Waals surface area (Å²) in [7, 11) is 2.84. The van der Waals surface area contributed by atoms with Crippen LogP contribution in [0.1, 0.15) is 23.2 Å². The van der Waals surface area contributed by atoms with Crippen molar-refractivity contribution >= 4 is 5.78 Å². The summed E-state index contributed by atoms with van der Waals surface area (Å²) < 4.78 is 29.7. The van der Waals surface area contributed by atoms with Crippen LogP contribution >= 0.6 is 0 Å². The number of carbonyl (C=O) groups is 1. The van der Waals surface area contributed by atoms with Crippen molar-refractivity contribution in [3.8, 4) is 5.75 Å². The summed E-state index contributed by atoms with van der Waals surface area (Å²) in [6.07, 6.45) is 0.859. The molecule has 1 aliphatic rings. The molecule has 4 nitrogen and oxygen atoms in total. The summed E-state index contributed by atoms with van der Waals surface area (Å²) in [6, 6.07) is 4.53. The molecule has 5 heteroatoms. The van der Waals surface area contributed by atoms with Gasteiger partial charge in [0.2, 0.25) is 0 Å². The van der Waals surface area contributed by atoms with E-state index in [1.54, 1.807) is 6.07 Å². The highest BCUT2D eigenvalue weighted by Crippen LogP contribution is 2.31. The first kappa shape index (κ1) is 14.0. The number of ether oxygens (including phenoxy) is 3. The van der Waals surface area contributed by atoms with Gasteiger partial charge < -0.3 is 14.2 Å². The summed E-state index contributed by atoms with van der Waals surface area (Å²) >= 11 is 0. The third kappa shape index (κ3) is 2.48. The molecule has 1 saturated heterocycles. The van der Waals surface area contributed by atoms with Crippen LogP contribution in [-0.2, 0) is 9.47 Å². The van der Waals surface area contributed by atoms with E-state index >= 15 is 0 Å². The molecule has 1 aromatic rings. The Kier molecular flexibility index (Phi) is 4.17. The largest absolute Gasteiger partial charge is 0.494 e. The second-order valence-electron chi connectivity index (χ2n) is 4.46. The van der Waals surface area contributed by atoms with Gasteiger partial charge in [0.1, 0.15) is 5.60 Å². The van der Waals surface area contributed by atoms with Crippen LogP contribution in [-0.4, -0.2) is 38.8 Å². The van der Waals surface area contributed by atoms with Gasteiger partial charge in [0, 0.05) is 33.2 Å². The van der Waals surface area contributed by atoms with Crippen molar-refractivity contribution in [1.29, 1.82) is 0 Å². The predicted octanol–water partition coefficient (Wildman–Crippen LogP) is 2.21. The van der Waals surface area contributed by atoms with Crippen LogP contribution in [0.25, 0.3) is 0 Å². The number of hydrogen-bond donors (Lipinski definition) is 0. The Hall–Kier alpha value is -1.46. The second kappa shape index (κ2) is 5.67. The number of ketones is 1. The van der Waals surface area contributed by atoms with E-state index in [9.17, 15) is 9.18 Å². The Labute approximate surface area is 111 Å². The smallest absolute Gasteiger partial charge is 0.197 e. The Bertz CT molecular complexity index is 467. The summed E-state index contributed by atoms with van der Waals surface area (Å²) in [5.74, 6) is -0.934. The molecule has 1 aliphatic heterocycles. The fourth-order valence-electron chi connectivity index (χ4n) is 2.31. The number of rotatable bonds is 4. The van der Waals surface area contributed by atoms with E-state index in [4.69, 9.17) is 14.2 Å². The number of hydrogen-bond acceptors (Lipinski definition) is 4. The minimum Gasteiger partial charge on any atom is -0.494 e. The molecule has 0 saturated carbocycles. The number of methoxy groups -OCH3 is 2. The summed E-state index contributed by atoms with van der Waals surface area (Å²) in [6.45, 7) is 0.871. The topological polar surface area (TPSA) is 44.8 Å². The number of carbonyl (C=O) groups excluding carboxylic acids is 1. The highest BCUT2D eigenvalue weighted by molar-refractivity contribution is 6.03. The highest BCUT2D eigenvalue weighted by atomic mass is 19.1. The molecule has 1 heterocycles. The zero-order valence-corrected chi connectivity index (χ0v) is 11.1. The van der Waals surface area contributed by atoms with Gasteiger partial charge in [-0.25, -0.2) is 4.39 Å². The molecule has 1 fully saturated rings. The van der Waals surface area contributed by atoms with Crippen LogP contribution in [0.5, 0.6) is 5.75 Å². The lowest BCUT2D eigenvalue weighted by molar-refractivity contribution is -0.0664. The maximum atomic E-state index is 14.2. The van der Waals surface area contributed by atoms with Gasteiger partial charge in [-0.2, -0.15) is 0 Å². The van der Waals surface area contributed by atoms with Crippen LogP contribution in [0.2, 0.25) is 0 Å². The van der Waals surface area contributed by atoms with Gasteiger partial charge in [0.05, 0.1) is 12.7 Å². The maximum absolute atomic E-state index is 14.2. The molecule has 104 valence electrons. The van der Waals surface area contributed by atoms with Crippen LogP contribution in [0, 0.1) is 5.82 Å². The van der Waals surface area contributed by atoms with E-state index in [0.29, 0.717) is 26.1 Å². The van der Waals surface area contributed by atoms with Crippen LogP contribution < -0.4 is 4.74 Å². The van der Waals surface area contributed by atoms with Crippen molar-refractivity contribution in [2.24, 2.45) is 0 Å². The van der Waals surface area contributed by atoms with E-state index in [0.717, 1.165) is 0 Å². The molecule has 0 aliphatic carbocycles. The molecule has 0 radical (unpaired) electrons. The first-order chi connectivity index (χ1) is 9.14. The fourth-order valence-corrected chi connectivity index (χ4v) is 2.31. The lowest BCUT2D eigenvalue weighted by Gasteiger charge is -2.34. The first-order valence-corrected chi connectivity index (χ1v) is 6.15. The number of Topliss-reactive ketones (excluding diaryl/α,β-unsaturated/α-hetero) is 1. The SMILES string of the molecule is COc1cccc(C(=O)C2(OC)CCOCC2)c1F. The molecular weight excluding hydrogens is 251 g/mol. The molecule has 0 atom stereocenters. The molecule has 0 bridgehead atoms. The van der Waals surface area contributed by atoms with E-state index in [-0.39, 0.29) is 17.1 Å². The Morgan fingerprint density at radius 1 is 1.32 bits per heavy atom. The van der Waals surface area contributed by atoms with Gasteiger partial charge in [0.15, 0.2) is 17.3 Å². The molecule has 0 unspecified atom stereocenters. The quantitative estimate of drug-likeness (QED) is 0.785. The predicted molar refractivity (Wildman–Crippen MR) is 67.1 cm³/mol. The van der Waals surface area contributed by atoms with Crippen molar-refractivity contribution in [3.63, 3.8) is 0 Å². The van der Waals surface area contributed by atoms with Crippen LogP contribution in [0.15, 0.2) is 18.2 Å². The van der Waals surface area contributed by atoms with Gasteiger partial charge in [0.25, 0.3) is 0 Å². The molecule has 0 N–H and O–H groups in total. The van der Waals surface area contributed by atoms with E-state index in [1.165, 1.54) is 26.4 Å². The van der Waals surface area contributed by atoms with Gasteiger partial charge >= 0.3 is 0 Å². The summed E-state index contributed by atoms with van der Waals surface area (Å²) in [5, 5.41) is 0.